The van der Waals surface area contributed by atoms with E-state index >= 15 is 0 Å². The number of non-ortho nitro benzene ring substituents is 1. The Morgan fingerprint density at radius 2 is 2.29 bits per heavy atom. The third-order valence-corrected chi connectivity index (χ3v) is 4.19. The molecule has 21 heavy (non-hydrogen) atoms. The Hall–Kier alpha value is -1.95. The monoisotopic (exact) mass is 292 g/mol. The molecule has 1 aromatic carbocycles. The number of benzene rings is 1. The standard InChI is InChI=1S/C15H20N2O4/c1-2-11-6-7-16(14(9-11)15(18)19)10-12-4-3-5-13(8-12)17(20)21/h3-5,8,11,14H,2,6-7,9-10H2,1H3,(H,18,19). The SMILES string of the molecule is CCC1CCN(Cc2cccc([N+](=O)[O-])c2)C(C(=O)O)C1. The first-order valence-electron chi connectivity index (χ1n) is 7.21. The van der Waals surface area contributed by atoms with Gasteiger partial charge in [0, 0.05) is 18.7 Å². The highest BCUT2D eigenvalue weighted by Gasteiger charge is 2.32. The number of nitrogens with zero attached hydrogens (tertiary/aromatic N) is 2. The molecule has 1 aromatic rings. The summed E-state index contributed by atoms with van der Waals surface area (Å²) in [6.07, 6.45) is 2.63. The van der Waals surface area contributed by atoms with Gasteiger partial charge >= 0.3 is 5.97 Å². The lowest BCUT2D eigenvalue weighted by Crippen LogP contribution is -2.46. The number of likely N-dealkylation sites (tertiary alicyclic amines) is 1. The first-order valence-corrected chi connectivity index (χ1v) is 7.21. The van der Waals surface area contributed by atoms with Crippen molar-refractivity contribution in [2.24, 2.45) is 5.92 Å². The van der Waals surface area contributed by atoms with Crippen molar-refractivity contribution in [2.75, 3.05) is 6.54 Å². The second-order valence-electron chi connectivity index (χ2n) is 5.55. The average molecular weight is 292 g/mol. The Bertz CT molecular complexity index is 532. The van der Waals surface area contributed by atoms with Crippen molar-refractivity contribution in [1.29, 1.82) is 0 Å². The molecule has 0 aliphatic carbocycles. The zero-order chi connectivity index (χ0) is 15.4. The Morgan fingerprint density at radius 3 is 2.90 bits per heavy atom. The van der Waals surface area contributed by atoms with Gasteiger partial charge in [-0.3, -0.25) is 19.8 Å². The average Bonchev–Trinajstić information content (AvgIpc) is 2.47. The normalized spacial score (nSPS) is 22.9. The van der Waals surface area contributed by atoms with Crippen LogP contribution in [-0.2, 0) is 11.3 Å². The van der Waals surface area contributed by atoms with Crippen LogP contribution >= 0.6 is 0 Å². The number of nitro groups is 1. The highest BCUT2D eigenvalue weighted by atomic mass is 16.6. The van der Waals surface area contributed by atoms with E-state index in [1.54, 1.807) is 12.1 Å². The van der Waals surface area contributed by atoms with E-state index in [-0.39, 0.29) is 5.69 Å². The summed E-state index contributed by atoms with van der Waals surface area (Å²) in [5.41, 5.74) is 0.827. The smallest absolute Gasteiger partial charge is 0.320 e. The van der Waals surface area contributed by atoms with E-state index in [0.29, 0.717) is 18.9 Å². The van der Waals surface area contributed by atoms with Gasteiger partial charge in [-0.25, -0.2) is 0 Å². The molecular formula is C15H20N2O4. The van der Waals surface area contributed by atoms with Crippen molar-refractivity contribution in [3.05, 3.63) is 39.9 Å². The van der Waals surface area contributed by atoms with E-state index in [4.69, 9.17) is 0 Å². The van der Waals surface area contributed by atoms with Crippen molar-refractivity contribution in [3.8, 4) is 0 Å². The van der Waals surface area contributed by atoms with E-state index in [2.05, 4.69) is 6.92 Å². The quantitative estimate of drug-likeness (QED) is 0.666. The molecule has 1 aliphatic heterocycles. The van der Waals surface area contributed by atoms with E-state index in [0.717, 1.165) is 24.9 Å². The number of carboxylic acid groups (broad SMARTS) is 1. The summed E-state index contributed by atoms with van der Waals surface area (Å²) in [4.78, 5) is 23.7. The van der Waals surface area contributed by atoms with Gasteiger partial charge in [0.15, 0.2) is 0 Å². The molecular weight excluding hydrogens is 272 g/mol. The lowest BCUT2D eigenvalue weighted by atomic mass is 9.88. The number of hydrogen-bond donors (Lipinski definition) is 1. The highest BCUT2D eigenvalue weighted by Crippen LogP contribution is 2.27. The Balaban J connectivity index is 2.12. The van der Waals surface area contributed by atoms with Crippen molar-refractivity contribution in [3.63, 3.8) is 0 Å². The first-order chi connectivity index (χ1) is 10.0. The van der Waals surface area contributed by atoms with Crippen LogP contribution in [0.5, 0.6) is 0 Å². The maximum Gasteiger partial charge on any atom is 0.320 e. The Morgan fingerprint density at radius 1 is 1.52 bits per heavy atom. The summed E-state index contributed by atoms with van der Waals surface area (Å²) in [6, 6.07) is 5.91. The van der Waals surface area contributed by atoms with Gasteiger partial charge < -0.3 is 5.11 Å². The number of hydrogen-bond acceptors (Lipinski definition) is 4. The van der Waals surface area contributed by atoms with E-state index < -0.39 is 16.9 Å². The topological polar surface area (TPSA) is 83.7 Å². The molecule has 0 spiro atoms. The zero-order valence-corrected chi connectivity index (χ0v) is 12.1. The van der Waals surface area contributed by atoms with Crippen LogP contribution in [0, 0.1) is 16.0 Å². The number of aliphatic carboxylic acids is 1. The van der Waals surface area contributed by atoms with Gasteiger partial charge in [0.25, 0.3) is 5.69 Å². The molecule has 1 saturated heterocycles. The molecule has 1 N–H and O–H groups in total. The lowest BCUT2D eigenvalue weighted by molar-refractivity contribution is -0.384. The van der Waals surface area contributed by atoms with Crippen LogP contribution in [0.2, 0.25) is 0 Å². The number of piperidine rings is 1. The number of carbonyl (C=O) groups is 1. The van der Waals surface area contributed by atoms with Crippen LogP contribution in [-0.4, -0.2) is 33.5 Å². The molecule has 2 unspecified atom stereocenters. The van der Waals surface area contributed by atoms with Crippen molar-refractivity contribution >= 4 is 11.7 Å². The molecule has 0 amide bonds. The third-order valence-electron chi connectivity index (χ3n) is 4.19. The molecule has 0 radical (unpaired) electrons. The largest absolute Gasteiger partial charge is 0.480 e. The van der Waals surface area contributed by atoms with Crippen LogP contribution in [0.1, 0.15) is 31.7 Å². The highest BCUT2D eigenvalue weighted by molar-refractivity contribution is 5.73. The van der Waals surface area contributed by atoms with E-state index in [1.807, 2.05) is 4.90 Å². The van der Waals surface area contributed by atoms with Gasteiger partial charge in [0.05, 0.1) is 4.92 Å². The maximum atomic E-state index is 11.4. The minimum Gasteiger partial charge on any atom is -0.480 e. The van der Waals surface area contributed by atoms with Gasteiger partial charge in [-0.1, -0.05) is 25.5 Å². The van der Waals surface area contributed by atoms with Crippen LogP contribution in [0.3, 0.4) is 0 Å². The molecule has 0 aromatic heterocycles. The summed E-state index contributed by atoms with van der Waals surface area (Å²) >= 11 is 0. The second kappa shape index (κ2) is 6.67. The van der Waals surface area contributed by atoms with Crippen molar-refractivity contribution < 1.29 is 14.8 Å². The first kappa shape index (κ1) is 15.4. The van der Waals surface area contributed by atoms with Gasteiger partial charge in [-0.15, -0.1) is 0 Å². The fourth-order valence-corrected chi connectivity index (χ4v) is 2.91. The van der Waals surface area contributed by atoms with Gasteiger partial charge in [0.1, 0.15) is 6.04 Å². The van der Waals surface area contributed by atoms with Crippen molar-refractivity contribution in [1.82, 2.24) is 4.90 Å². The number of nitro benzene ring substituents is 1. The van der Waals surface area contributed by atoms with Gasteiger partial charge in [0.2, 0.25) is 0 Å². The van der Waals surface area contributed by atoms with Gasteiger partial charge in [-0.05, 0) is 30.9 Å². The number of rotatable bonds is 5. The zero-order valence-electron chi connectivity index (χ0n) is 12.1. The van der Waals surface area contributed by atoms with Crippen molar-refractivity contribution in [2.45, 2.75) is 38.8 Å². The molecule has 1 fully saturated rings. The molecule has 1 heterocycles. The fourth-order valence-electron chi connectivity index (χ4n) is 2.91. The van der Waals surface area contributed by atoms with E-state index in [1.165, 1.54) is 12.1 Å². The van der Waals surface area contributed by atoms with Crippen LogP contribution in [0.4, 0.5) is 5.69 Å². The molecule has 2 rings (SSSR count). The predicted molar refractivity (Wildman–Crippen MR) is 77.9 cm³/mol. The molecule has 6 nitrogen and oxygen atoms in total. The Kier molecular flexibility index (Phi) is 4.90. The minimum atomic E-state index is -0.807. The summed E-state index contributed by atoms with van der Waals surface area (Å²) in [5, 5.41) is 20.2. The van der Waals surface area contributed by atoms with Crippen LogP contribution in [0.25, 0.3) is 0 Å². The Labute approximate surface area is 123 Å². The molecule has 2 atom stereocenters. The lowest BCUT2D eigenvalue weighted by Gasteiger charge is -2.36. The molecule has 1 aliphatic rings. The van der Waals surface area contributed by atoms with E-state index in [9.17, 15) is 20.0 Å². The second-order valence-corrected chi connectivity index (χ2v) is 5.55. The summed E-state index contributed by atoms with van der Waals surface area (Å²) in [5.74, 6) is -0.356. The molecule has 0 bridgehead atoms. The van der Waals surface area contributed by atoms with Crippen LogP contribution in [0.15, 0.2) is 24.3 Å². The summed E-state index contributed by atoms with van der Waals surface area (Å²) in [6.45, 7) is 3.24. The summed E-state index contributed by atoms with van der Waals surface area (Å²) < 4.78 is 0. The molecule has 0 saturated carbocycles. The minimum absolute atomic E-state index is 0.0443. The molecule has 114 valence electrons. The predicted octanol–water partition coefficient (Wildman–Crippen LogP) is 2.67. The maximum absolute atomic E-state index is 11.4. The number of carboxylic acids is 1. The van der Waals surface area contributed by atoms with Gasteiger partial charge in [-0.2, -0.15) is 0 Å². The van der Waals surface area contributed by atoms with Crippen LogP contribution < -0.4 is 0 Å². The third kappa shape index (κ3) is 3.78. The summed E-state index contributed by atoms with van der Waals surface area (Å²) in [7, 11) is 0. The fraction of sp³-hybridized carbons (Fsp3) is 0.533. The molecule has 6 heteroatoms.